The van der Waals surface area contributed by atoms with Crippen molar-refractivity contribution in [2.24, 2.45) is 0 Å². The van der Waals surface area contributed by atoms with E-state index in [1.807, 2.05) is 24.3 Å². The Hall–Kier alpha value is -1.85. The van der Waals surface area contributed by atoms with Crippen LogP contribution in [0.15, 0.2) is 53.0 Å². The summed E-state index contributed by atoms with van der Waals surface area (Å²) in [6, 6.07) is 14.9. The van der Waals surface area contributed by atoms with Crippen LogP contribution in [-0.4, -0.2) is 30.3 Å². The molecule has 0 spiro atoms. The number of rotatable bonds is 6. The van der Waals surface area contributed by atoms with Gasteiger partial charge in [-0.3, -0.25) is 4.79 Å². The van der Waals surface area contributed by atoms with Gasteiger partial charge in [-0.1, -0.05) is 48.8 Å². The van der Waals surface area contributed by atoms with Gasteiger partial charge in [-0.15, -0.1) is 0 Å². The molecule has 2 N–H and O–H groups in total. The maximum absolute atomic E-state index is 12.0. The quantitative estimate of drug-likeness (QED) is 0.765. The number of carbonyl (C=O) groups excluding carboxylic acids is 1. The van der Waals surface area contributed by atoms with Crippen LogP contribution in [0.1, 0.15) is 36.7 Å². The summed E-state index contributed by atoms with van der Waals surface area (Å²) in [5.74, 6) is 0.479. The van der Waals surface area contributed by atoms with E-state index in [9.17, 15) is 9.90 Å². The van der Waals surface area contributed by atoms with Crippen molar-refractivity contribution in [3.63, 3.8) is 0 Å². The van der Waals surface area contributed by atoms with Crippen LogP contribution in [-0.2, 0) is 5.41 Å². The fourth-order valence-electron chi connectivity index (χ4n) is 2.22. The molecule has 2 aromatic carbocycles. The highest BCUT2D eigenvalue weighted by Gasteiger charge is 2.13. The van der Waals surface area contributed by atoms with Crippen LogP contribution in [0.3, 0.4) is 0 Å². The number of hydrogen-bond acceptors (Lipinski definition) is 3. The summed E-state index contributed by atoms with van der Waals surface area (Å²) in [6.07, 6.45) is -0.776. The third-order valence-electron chi connectivity index (χ3n) is 3.77. The molecule has 0 unspecified atom stereocenters. The lowest BCUT2D eigenvalue weighted by Gasteiger charge is -2.19. The van der Waals surface area contributed by atoms with Gasteiger partial charge in [0.25, 0.3) is 5.91 Å². The van der Waals surface area contributed by atoms with Crippen LogP contribution in [0.25, 0.3) is 0 Å². The first kappa shape index (κ1) is 19.5. The third kappa shape index (κ3) is 6.18. The first-order valence-electron chi connectivity index (χ1n) is 8.21. The van der Waals surface area contributed by atoms with Gasteiger partial charge < -0.3 is 15.2 Å². The number of nitrogens with one attached hydrogen (secondary N) is 1. The predicted octanol–water partition coefficient (Wildman–Crippen LogP) is 3.92. The van der Waals surface area contributed by atoms with E-state index in [0.717, 1.165) is 4.47 Å². The van der Waals surface area contributed by atoms with Crippen LogP contribution in [0, 0.1) is 0 Å². The lowest BCUT2D eigenvalue weighted by Crippen LogP contribution is -2.35. The highest BCUT2D eigenvalue weighted by molar-refractivity contribution is 9.10. The number of aliphatic hydroxyl groups is 1. The van der Waals surface area contributed by atoms with E-state index in [1.165, 1.54) is 5.56 Å². The van der Waals surface area contributed by atoms with Gasteiger partial charge in [0, 0.05) is 16.6 Å². The SMILES string of the molecule is CC(C)(C)c1ccc(OC[C@H](O)CNC(=O)c2ccc(Br)cc2)cc1. The molecule has 0 aliphatic carbocycles. The molecule has 2 aromatic rings. The summed E-state index contributed by atoms with van der Waals surface area (Å²) in [5, 5.41) is 12.7. The fraction of sp³-hybridized carbons (Fsp3) is 0.350. The van der Waals surface area contributed by atoms with Gasteiger partial charge in [0.1, 0.15) is 18.5 Å². The topological polar surface area (TPSA) is 58.6 Å². The van der Waals surface area contributed by atoms with Gasteiger partial charge >= 0.3 is 0 Å². The van der Waals surface area contributed by atoms with Crippen molar-refractivity contribution in [3.05, 3.63) is 64.1 Å². The van der Waals surface area contributed by atoms with Crippen LogP contribution in [0.4, 0.5) is 0 Å². The lowest BCUT2D eigenvalue weighted by atomic mass is 9.87. The Kier molecular flexibility index (Phi) is 6.62. The second-order valence-electron chi connectivity index (χ2n) is 6.96. The number of carbonyl (C=O) groups is 1. The third-order valence-corrected chi connectivity index (χ3v) is 4.30. The van der Waals surface area contributed by atoms with E-state index in [1.54, 1.807) is 24.3 Å². The van der Waals surface area contributed by atoms with Crippen molar-refractivity contribution < 1.29 is 14.6 Å². The number of aliphatic hydroxyl groups excluding tert-OH is 1. The number of ether oxygens (including phenoxy) is 1. The summed E-state index contributed by atoms with van der Waals surface area (Å²) in [6.45, 7) is 6.71. The van der Waals surface area contributed by atoms with Crippen LogP contribution in [0.2, 0.25) is 0 Å². The van der Waals surface area contributed by atoms with E-state index in [2.05, 4.69) is 42.0 Å². The molecule has 0 heterocycles. The zero-order chi connectivity index (χ0) is 18.4. The number of benzene rings is 2. The number of amides is 1. The van der Waals surface area contributed by atoms with E-state index < -0.39 is 6.10 Å². The normalized spacial score (nSPS) is 12.5. The predicted molar refractivity (Wildman–Crippen MR) is 103 cm³/mol. The molecule has 0 aromatic heterocycles. The molecule has 0 saturated carbocycles. The Balaban J connectivity index is 1.77. The molecule has 1 amide bonds. The molecule has 0 aliphatic rings. The van der Waals surface area contributed by atoms with Gasteiger partial charge in [-0.05, 0) is 47.4 Å². The Morgan fingerprint density at radius 3 is 2.28 bits per heavy atom. The standard InChI is InChI=1S/C20H24BrNO3/c1-20(2,3)15-6-10-18(11-7-15)25-13-17(23)12-22-19(24)14-4-8-16(21)9-5-14/h4-11,17,23H,12-13H2,1-3H3,(H,22,24)/t17-/m1/s1. The molecular weight excluding hydrogens is 382 g/mol. The molecule has 25 heavy (non-hydrogen) atoms. The summed E-state index contributed by atoms with van der Waals surface area (Å²) >= 11 is 3.33. The van der Waals surface area contributed by atoms with Crippen molar-refractivity contribution in [3.8, 4) is 5.75 Å². The van der Waals surface area contributed by atoms with E-state index in [4.69, 9.17) is 4.74 Å². The van der Waals surface area contributed by atoms with Crippen molar-refractivity contribution in [2.45, 2.75) is 32.3 Å². The Bertz CT molecular complexity index is 690. The fourth-order valence-corrected chi connectivity index (χ4v) is 2.48. The highest BCUT2D eigenvalue weighted by Crippen LogP contribution is 2.24. The van der Waals surface area contributed by atoms with E-state index in [0.29, 0.717) is 11.3 Å². The minimum absolute atomic E-state index is 0.0926. The first-order valence-corrected chi connectivity index (χ1v) is 9.00. The summed E-state index contributed by atoms with van der Waals surface area (Å²) in [5.41, 5.74) is 1.87. The molecule has 5 heteroatoms. The average molecular weight is 406 g/mol. The zero-order valence-corrected chi connectivity index (χ0v) is 16.3. The minimum atomic E-state index is -0.776. The van der Waals surface area contributed by atoms with Crippen molar-refractivity contribution >= 4 is 21.8 Å². The monoisotopic (exact) mass is 405 g/mol. The van der Waals surface area contributed by atoms with E-state index in [-0.39, 0.29) is 24.5 Å². The van der Waals surface area contributed by atoms with Gasteiger partial charge in [-0.2, -0.15) is 0 Å². The lowest BCUT2D eigenvalue weighted by molar-refractivity contribution is 0.0843. The number of hydrogen-bond donors (Lipinski definition) is 2. The van der Waals surface area contributed by atoms with Crippen LogP contribution < -0.4 is 10.1 Å². The molecule has 1 atom stereocenters. The van der Waals surface area contributed by atoms with E-state index >= 15 is 0 Å². The average Bonchev–Trinajstić information content (AvgIpc) is 2.58. The molecule has 2 rings (SSSR count). The maximum Gasteiger partial charge on any atom is 0.251 e. The Morgan fingerprint density at radius 1 is 1.12 bits per heavy atom. The second kappa shape index (κ2) is 8.50. The largest absolute Gasteiger partial charge is 0.491 e. The summed E-state index contributed by atoms with van der Waals surface area (Å²) in [4.78, 5) is 12.0. The molecule has 0 saturated heterocycles. The molecule has 4 nitrogen and oxygen atoms in total. The second-order valence-corrected chi connectivity index (χ2v) is 7.87. The van der Waals surface area contributed by atoms with Gasteiger partial charge in [0.15, 0.2) is 0 Å². The highest BCUT2D eigenvalue weighted by atomic mass is 79.9. The van der Waals surface area contributed by atoms with Crippen LogP contribution in [0.5, 0.6) is 5.75 Å². The molecule has 0 aliphatic heterocycles. The zero-order valence-electron chi connectivity index (χ0n) is 14.8. The molecule has 134 valence electrons. The Morgan fingerprint density at radius 2 is 1.72 bits per heavy atom. The molecule has 0 radical (unpaired) electrons. The summed E-state index contributed by atoms with van der Waals surface area (Å²) in [7, 11) is 0. The minimum Gasteiger partial charge on any atom is -0.491 e. The molecular formula is C20H24BrNO3. The summed E-state index contributed by atoms with van der Waals surface area (Å²) < 4.78 is 6.49. The Labute approximate surface area is 157 Å². The van der Waals surface area contributed by atoms with Crippen molar-refractivity contribution in [1.29, 1.82) is 0 Å². The van der Waals surface area contributed by atoms with Gasteiger partial charge in [0.05, 0.1) is 0 Å². The van der Waals surface area contributed by atoms with Gasteiger partial charge in [-0.25, -0.2) is 0 Å². The van der Waals surface area contributed by atoms with Crippen molar-refractivity contribution in [1.82, 2.24) is 5.32 Å². The smallest absolute Gasteiger partial charge is 0.251 e. The molecule has 0 fully saturated rings. The number of halogens is 1. The van der Waals surface area contributed by atoms with Gasteiger partial charge in [0.2, 0.25) is 0 Å². The molecule has 0 bridgehead atoms. The van der Waals surface area contributed by atoms with Crippen molar-refractivity contribution in [2.75, 3.05) is 13.2 Å². The first-order chi connectivity index (χ1) is 11.8. The van der Waals surface area contributed by atoms with Crippen LogP contribution >= 0.6 is 15.9 Å². The maximum atomic E-state index is 12.0.